The van der Waals surface area contributed by atoms with Crippen molar-refractivity contribution in [3.05, 3.63) is 70.2 Å². The van der Waals surface area contributed by atoms with Crippen LogP contribution in [-0.2, 0) is 11.3 Å². The van der Waals surface area contributed by atoms with Crippen molar-refractivity contribution in [3.8, 4) is 0 Å². The van der Waals surface area contributed by atoms with Gasteiger partial charge < -0.3 is 10.2 Å². The van der Waals surface area contributed by atoms with Crippen LogP contribution < -0.4 is 5.32 Å². The molecule has 2 aliphatic heterocycles. The monoisotopic (exact) mass is 425 g/mol. The second-order valence-corrected chi connectivity index (χ2v) is 8.53. The van der Waals surface area contributed by atoms with Crippen molar-refractivity contribution in [2.24, 2.45) is 0 Å². The first-order valence-electron chi connectivity index (χ1n) is 10.8. The molecule has 0 radical (unpaired) electrons. The van der Waals surface area contributed by atoms with Gasteiger partial charge in [0.25, 0.3) is 5.91 Å². The summed E-state index contributed by atoms with van der Waals surface area (Å²) in [6.07, 6.45) is 4.26. The van der Waals surface area contributed by atoms with Crippen molar-refractivity contribution in [2.45, 2.75) is 38.3 Å². The van der Waals surface area contributed by atoms with Gasteiger partial charge in [-0.15, -0.1) is 0 Å². The Labute approximate surface area is 183 Å². The zero-order chi connectivity index (χ0) is 20.9. The summed E-state index contributed by atoms with van der Waals surface area (Å²) in [6, 6.07) is 15.6. The summed E-state index contributed by atoms with van der Waals surface area (Å²) < 4.78 is 0. The fourth-order valence-electron chi connectivity index (χ4n) is 4.42. The van der Waals surface area contributed by atoms with Gasteiger partial charge in [0.2, 0.25) is 5.91 Å². The van der Waals surface area contributed by atoms with Crippen LogP contribution in [0.4, 0.5) is 0 Å². The molecule has 5 nitrogen and oxygen atoms in total. The Morgan fingerprint density at radius 3 is 2.43 bits per heavy atom. The van der Waals surface area contributed by atoms with Crippen LogP contribution in [0.2, 0.25) is 5.02 Å². The Morgan fingerprint density at radius 2 is 1.70 bits per heavy atom. The van der Waals surface area contributed by atoms with Gasteiger partial charge in [-0.1, -0.05) is 41.9 Å². The maximum atomic E-state index is 12.5. The molecule has 158 valence electrons. The number of hydrogen-bond acceptors (Lipinski definition) is 3. The van der Waals surface area contributed by atoms with E-state index in [4.69, 9.17) is 11.6 Å². The molecule has 1 atom stereocenters. The molecule has 2 saturated heterocycles. The molecule has 30 heavy (non-hydrogen) atoms. The minimum atomic E-state index is 0.00572. The summed E-state index contributed by atoms with van der Waals surface area (Å²) >= 11 is 6.37. The zero-order valence-corrected chi connectivity index (χ0v) is 17.9. The number of amides is 2. The van der Waals surface area contributed by atoms with E-state index in [2.05, 4.69) is 10.2 Å². The molecule has 0 bridgehead atoms. The third-order valence-electron chi connectivity index (χ3n) is 6.06. The third kappa shape index (κ3) is 4.85. The molecule has 6 heteroatoms. The Kier molecular flexibility index (Phi) is 6.70. The highest BCUT2D eigenvalue weighted by molar-refractivity contribution is 6.31. The summed E-state index contributed by atoms with van der Waals surface area (Å²) in [5.41, 5.74) is 2.81. The lowest BCUT2D eigenvalue weighted by atomic mass is 10.0. The predicted molar refractivity (Wildman–Crippen MR) is 118 cm³/mol. The second kappa shape index (κ2) is 9.63. The van der Waals surface area contributed by atoms with Gasteiger partial charge in [-0.2, -0.15) is 0 Å². The SMILES string of the molecule is O=C(CN1CCCC1c1ccccc1Cl)NCc1ccc(C(=O)N2CCCC2)cc1. The normalized spacial score (nSPS) is 19.2. The first-order chi connectivity index (χ1) is 14.6. The van der Waals surface area contributed by atoms with E-state index in [9.17, 15) is 9.59 Å². The molecule has 2 aromatic rings. The average molecular weight is 426 g/mol. The lowest BCUT2D eigenvalue weighted by molar-refractivity contribution is -0.122. The molecule has 0 spiro atoms. The fourth-order valence-corrected chi connectivity index (χ4v) is 4.68. The Hall–Kier alpha value is -2.37. The van der Waals surface area contributed by atoms with Gasteiger partial charge in [-0.25, -0.2) is 0 Å². The molecule has 0 aromatic heterocycles. The number of carbonyl (C=O) groups excluding carboxylic acids is 2. The number of rotatable bonds is 6. The topological polar surface area (TPSA) is 52.7 Å². The zero-order valence-electron chi connectivity index (χ0n) is 17.1. The molecular formula is C24H28ClN3O2. The van der Waals surface area contributed by atoms with Gasteiger partial charge in [-0.05, 0) is 61.6 Å². The number of nitrogens with zero attached hydrogens (tertiary/aromatic N) is 2. The molecule has 1 N–H and O–H groups in total. The maximum Gasteiger partial charge on any atom is 0.253 e. The molecular weight excluding hydrogens is 398 g/mol. The van der Waals surface area contributed by atoms with Crippen LogP contribution in [0.5, 0.6) is 0 Å². The molecule has 2 aromatic carbocycles. The minimum Gasteiger partial charge on any atom is -0.351 e. The first-order valence-corrected chi connectivity index (χ1v) is 11.1. The highest BCUT2D eigenvalue weighted by Gasteiger charge is 2.28. The van der Waals surface area contributed by atoms with Crippen molar-refractivity contribution in [1.29, 1.82) is 0 Å². The van der Waals surface area contributed by atoms with Crippen LogP contribution in [0, 0.1) is 0 Å². The van der Waals surface area contributed by atoms with E-state index in [1.165, 1.54) is 0 Å². The van der Waals surface area contributed by atoms with Gasteiger partial charge in [0.1, 0.15) is 0 Å². The second-order valence-electron chi connectivity index (χ2n) is 8.12. The lowest BCUT2D eigenvalue weighted by Gasteiger charge is -2.25. The number of likely N-dealkylation sites (tertiary alicyclic amines) is 2. The van der Waals surface area contributed by atoms with Crippen LogP contribution in [0.3, 0.4) is 0 Å². The van der Waals surface area contributed by atoms with Crippen LogP contribution >= 0.6 is 11.6 Å². The summed E-state index contributed by atoms with van der Waals surface area (Å²) in [4.78, 5) is 29.1. The van der Waals surface area contributed by atoms with Crippen molar-refractivity contribution in [3.63, 3.8) is 0 Å². The number of halogens is 1. The van der Waals surface area contributed by atoms with Crippen LogP contribution in [0.1, 0.15) is 53.2 Å². The quantitative estimate of drug-likeness (QED) is 0.760. The standard InChI is InChI=1S/C24H28ClN3O2/c25-21-7-2-1-6-20(21)22-8-5-15-28(22)17-23(29)26-16-18-9-11-19(12-10-18)24(30)27-13-3-4-14-27/h1-2,6-7,9-12,22H,3-5,8,13-17H2,(H,26,29). The van der Waals surface area contributed by atoms with Crippen molar-refractivity contribution in [2.75, 3.05) is 26.2 Å². The Morgan fingerprint density at radius 1 is 0.967 bits per heavy atom. The molecule has 2 aliphatic rings. The molecule has 4 rings (SSSR count). The fraction of sp³-hybridized carbons (Fsp3) is 0.417. The predicted octanol–water partition coefficient (Wildman–Crippen LogP) is 4.03. The van der Waals surface area contributed by atoms with Crippen molar-refractivity contribution in [1.82, 2.24) is 15.1 Å². The number of benzene rings is 2. The van der Waals surface area contributed by atoms with Gasteiger partial charge in [0, 0.05) is 36.3 Å². The molecule has 2 amide bonds. The van der Waals surface area contributed by atoms with Crippen molar-refractivity contribution >= 4 is 23.4 Å². The molecule has 1 unspecified atom stereocenters. The Bertz CT molecular complexity index is 894. The van der Waals surface area contributed by atoms with Crippen LogP contribution in [0.25, 0.3) is 0 Å². The largest absolute Gasteiger partial charge is 0.351 e. The van der Waals surface area contributed by atoms with Crippen molar-refractivity contribution < 1.29 is 9.59 Å². The van der Waals surface area contributed by atoms with Crippen LogP contribution in [-0.4, -0.2) is 47.8 Å². The summed E-state index contributed by atoms with van der Waals surface area (Å²) in [7, 11) is 0. The summed E-state index contributed by atoms with van der Waals surface area (Å²) in [6.45, 7) is 3.42. The van der Waals surface area contributed by atoms with E-state index >= 15 is 0 Å². The van der Waals surface area contributed by atoms with E-state index in [0.717, 1.165) is 61.5 Å². The van der Waals surface area contributed by atoms with E-state index in [0.29, 0.717) is 18.7 Å². The maximum absolute atomic E-state index is 12.5. The van der Waals surface area contributed by atoms with Gasteiger partial charge >= 0.3 is 0 Å². The van der Waals surface area contributed by atoms with E-state index in [1.54, 1.807) is 0 Å². The molecule has 0 saturated carbocycles. The minimum absolute atomic E-state index is 0.00572. The number of hydrogen-bond donors (Lipinski definition) is 1. The highest BCUT2D eigenvalue weighted by Crippen LogP contribution is 2.35. The number of nitrogens with one attached hydrogen (secondary N) is 1. The van der Waals surface area contributed by atoms with E-state index in [1.807, 2.05) is 53.4 Å². The van der Waals surface area contributed by atoms with Gasteiger partial charge in [0.05, 0.1) is 6.54 Å². The Balaban J connectivity index is 1.29. The van der Waals surface area contributed by atoms with E-state index in [-0.39, 0.29) is 17.9 Å². The molecule has 2 fully saturated rings. The highest BCUT2D eigenvalue weighted by atomic mass is 35.5. The summed E-state index contributed by atoms with van der Waals surface area (Å²) in [5.74, 6) is 0.105. The summed E-state index contributed by atoms with van der Waals surface area (Å²) in [5, 5.41) is 3.77. The lowest BCUT2D eigenvalue weighted by Crippen LogP contribution is -2.36. The van der Waals surface area contributed by atoms with Gasteiger partial charge in [-0.3, -0.25) is 14.5 Å². The van der Waals surface area contributed by atoms with Crippen LogP contribution in [0.15, 0.2) is 48.5 Å². The molecule has 2 heterocycles. The number of carbonyl (C=O) groups is 2. The third-order valence-corrected chi connectivity index (χ3v) is 6.40. The smallest absolute Gasteiger partial charge is 0.253 e. The first kappa shape index (κ1) is 20.9. The van der Waals surface area contributed by atoms with Gasteiger partial charge in [0.15, 0.2) is 0 Å². The molecule has 0 aliphatic carbocycles. The average Bonchev–Trinajstić information content (AvgIpc) is 3.45. The van der Waals surface area contributed by atoms with E-state index < -0.39 is 0 Å².